The number of hydrogen-bond acceptors (Lipinski definition) is 4. The lowest BCUT2D eigenvalue weighted by atomic mass is 10.2. The fraction of sp³-hybridized carbons (Fsp3) is 0.385. The molecule has 5 nitrogen and oxygen atoms in total. The summed E-state index contributed by atoms with van der Waals surface area (Å²) in [5.41, 5.74) is 1.66. The second-order valence-electron chi connectivity index (χ2n) is 4.53. The van der Waals surface area contributed by atoms with Gasteiger partial charge in [0, 0.05) is 25.4 Å². The van der Waals surface area contributed by atoms with Crippen LogP contribution in [0.25, 0.3) is 10.9 Å². The molecule has 3 heterocycles. The van der Waals surface area contributed by atoms with E-state index in [4.69, 9.17) is 4.74 Å². The number of aryl methyl sites for hydroxylation is 1. The molecule has 0 atom stereocenters. The van der Waals surface area contributed by atoms with Gasteiger partial charge in [-0.3, -0.25) is 9.78 Å². The third-order valence-corrected chi connectivity index (χ3v) is 3.17. The van der Waals surface area contributed by atoms with Gasteiger partial charge in [-0.25, -0.2) is 0 Å². The molecule has 0 saturated carbocycles. The van der Waals surface area contributed by atoms with Crippen molar-refractivity contribution in [3.63, 3.8) is 0 Å². The van der Waals surface area contributed by atoms with E-state index in [0.717, 1.165) is 30.0 Å². The molecule has 1 fully saturated rings. The number of fused-ring (bicyclic) bond motifs is 1. The topological polar surface area (TPSA) is 58.2 Å². The van der Waals surface area contributed by atoms with E-state index in [0.29, 0.717) is 18.6 Å². The minimum absolute atomic E-state index is 0.0785. The molecule has 94 valence electrons. The van der Waals surface area contributed by atoms with Crippen molar-refractivity contribution in [1.82, 2.24) is 9.97 Å². The third-order valence-electron chi connectivity index (χ3n) is 3.17. The van der Waals surface area contributed by atoms with Gasteiger partial charge in [0.2, 0.25) is 0 Å². The standard InChI is InChI=1S/C13H15N3O2/c1-9-6-10-11(14-8-9)7-12(15-13(10)17)16-2-4-18-5-3-16/h6-8H,2-5H2,1H3,(H,15,17). The van der Waals surface area contributed by atoms with Crippen molar-refractivity contribution in [3.05, 3.63) is 34.2 Å². The SMILES string of the molecule is Cc1cnc2cc(N3CCOCC3)[nH]c(=O)c2c1. The third kappa shape index (κ3) is 1.97. The van der Waals surface area contributed by atoms with Crippen LogP contribution in [0.15, 0.2) is 23.1 Å². The molecule has 2 aromatic rings. The number of H-pyrrole nitrogens is 1. The van der Waals surface area contributed by atoms with Gasteiger partial charge < -0.3 is 14.6 Å². The summed E-state index contributed by atoms with van der Waals surface area (Å²) in [5.74, 6) is 0.826. The van der Waals surface area contributed by atoms with Crippen LogP contribution in [0.4, 0.5) is 5.82 Å². The van der Waals surface area contributed by atoms with E-state index in [1.165, 1.54) is 0 Å². The first-order chi connectivity index (χ1) is 8.74. The van der Waals surface area contributed by atoms with Gasteiger partial charge in [0.1, 0.15) is 5.82 Å². The molecule has 0 unspecified atom stereocenters. The lowest BCUT2D eigenvalue weighted by Gasteiger charge is -2.28. The van der Waals surface area contributed by atoms with Crippen LogP contribution in [0.5, 0.6) is 0 Å². The summed E-state index contributed by atoms with van der Waals surface area (Å²) >= 11 is 0. The Morgan fingerprint density at radius 3 is 2.89 bits per heavy atom. The molecule has 1 saturated heterocycles. The summed E-state index contributed by atoms with van der Waals surface area (Å²) in [6.07, 6.45) is 1.78. The van der Waals surface area contributed by atoms with Crippen molar-refractivity contribution in [2.75, 3.05) is 31.2 Å². The van der Waals surface area contributed by atoms with Crippen molar-refractivity contribution in [3.8, 4) is 0 Å². The Kier molecular flexibility index (Phi) is 2.76. The maximum Gasteiger partial charge on any atom is 0.258 e. The first kappa shape index (κ1) is 11.2. The fourth-order valence-electron chi connectivity index (χ4n) is 2.20. The molecule has 18 heavy (non-hydrogen) atoms. The molecular formula is C13H15N3O2. The van der Waals surface area contributed by atoms with Crippen LogP contribution >= 0.6 is 0 Å². The van der Waals surface area contributed by atoms with Gasteiger partial charge in [-0.15, -0.1) is 0 Å². The minimum atomic E-state index is -0.0785. The number of nitrogens with one attached hydrogen (secondary N) is 1. The Morgan fingerprint density at radius 2 is 2.11 bits per heavy atom. The monoisotopic (exact) mass is 245 g/mol. The summed E-state index contributed by atoms with van der Waals surface area (Å²) in [4.78, 5) is 21.4. The number of hydrogen-bond donors (Lipinski definition) is 1. The number of aromatic amines is 1. The Morgan fingerprint density at radius 1 is 1.33 bits per heavy atom. The Hall–Kier alpha value is -1.88. The molecule has 2 aromatic heterocycles. The van der Waals surface area contributed by atoms with Crippen molar-refractivity contribution in [1.29, 1.82) is 0 Å². The Balaban J connectivity index is 2.09. The number of pyridine rings is 2. The van der Waals surface area contributed by atoms with Gasteiger partial charge in [0.15, 0.2) is 0 Å². The summed E-state index contributed by atoms with van der Waals surface area (Å²) in [5, 5.41) is 0.645. The zero-order chi connectivity index (χ0) is 12.5. The zero-order valence-corrected chi connectivity index (χ0v) is 10.3. The molecular weight excluding hydrogens is 230 g/mol. The van der Waals surface area contributed by atoms with Crippen molar-refractivity contribution in [2.24, 2.45) is 0 Å². The van der Waals surface area contributed by atoms with Crippen molar-refractivity contribution in [2.45, 2.75) is 6.92 Å². The van der Waals surface area contributed by atoms with E-state index in [1.807, 2.05) is 19.1 Å². The largest absolute Gasteiger partial charge is 0.378 e. The highest BCUT2D eigenvalue weighted by molar-refractivity contribution is 5.80. The van der Waals surface area contributed by atoms with Crippen molar-refractivity contribution >= 4 is 16.7 Å². The van der Waals surface area contributed by atoms with Gasteiger partial charge in [-0.05, 0) is 18.6 Å². The number of rotatable bonds is 1. The molecule has 1 aliphatic rings. The zero-order valence-electron chi connectivity index (χ0n) is 10.3. The van der Waals surface area contributed by atoms with E-state index in [9.17, 15) is 4.79 Å². The molecule has 0 aliphatic carbocycles. The highest BCUT2D eigenvalue weighted by Crippen LogP contribution is 2.16. The summed E-state index contributed by atoms with van der Waals surface area (Å²) in [6, 6.07) is 3.80. The average Bonchev–Trinajstić information content (AvgIpc) is 2.40. The summed E-state index contributed by atoms with van der Waals surface area (Å²) in [7, 11) is 0. The average molecular weight is 245 g/mol. The highest BCUT2D eigenvalue weighted by atomic mass is 16.5. The van der Waals surface area contributed by atoms with Crippen LogP contribution in [0, 0.1) is 6.92 Å². The molecule has 5 heteroatoms. The van der Waals surface area contributed by atoms with Crippen LogP contribution in [-0.2, 0) is 4.74 Å². The molecule has 0 spiro atoms. The quantitative estimate of drug-likeness (QED) is 0.816. The molecule has 1 N–H and O–H groups in total. The van der Waals surface area contributed by atoms with E-state index in [1.54, 1.807) is 6.20 Å². The lowest BCUT2D eigenvalue weighted by molar-refractivity contribution is 0.122. The maximum atomic E-state index is 12.0. The van der Waals surface area contributed by atoms with Crippen LogP contribution < -0.4 is 10.5 Å². The number of ether oxygens (including phenoxy) is 1. The van der Waals surface area contributed by atoms with E-state index in [2.05, 4.69) is 14.9 Å². The highest BCUT2D eigenvalue weighted by Gasteiger charge is 2.13. The van der Waals surface area contributed by atoms with Crippen LogP contribution in [0.3, 0.4) is 0 Å². The lowest BCUT2D eigenvalue weighted by Crippen LogP contribution is -2.37. The molecule has 0 bridgehead atoms. The van der Waals surface area contributed by atoms with Crippen LogP contribution in [0.1, 0.15) is 5.56 Å². The predicted octanol–water partition coefficient (Wildman–Crippen LogP) is 1.07. The smallest absolute Gasteiger partial charge is 0.258 e. The summed E-state index contributed by atoms with van der Waals surface area (Å²) < 4.78 is 5.31. The minimum Gasteiger partial charge on any atom is -0.378 e. The number of aromatic nitrogens is 2. The maximum absolute atomic E-state index is 12.0. The summed E-state index contributed by atoms with van der Waals surface area (Å²) in [6.45, 7) is 4.92. The van der Waals surface area contributed by atoms with Gasteiger partial charge in [-0.2, -0.15) is 0 Å². The second kappa shape index (κ2) is 4.42. The fourth-order valence-corrected chi connectivity index (χ4v) is 2.20. The molecule has 0 amide bonds. The first-order valence-electron chi connectivity index (χ1n) is 6.06. The van der Waals surface area contributed by atoms with Gasteiger partial charge in [-0.1, -0.05) is 0 Å². The molecule has 3 rings (SSSR count). The van der Waals surface area contributed by atoms with Gasteiger partial charge in [0.05, 0.1) is 24.1 Å². The molecule has 0 aromatic carbocycles. The number of morpholine rings is 1. The number of nitrogens with zero attached hydrogens (tertiary/aromatic N) is 2. The van der Waals surface area contributed by atoms with E-state index in [-0.39, 0.29) is 5.56 Å². The Bertz CT molecular complexity index is 630. The van der Waals surface area contributed by atoms with Crippen molar-refractivity contribution < 1.29 is 4.74 Å². The van der Waals surface area contributed by atoms with E-state index >= 15 is 0 Å². The van der Waals surface area contributed by atoms with Crippen LogP contribution in [0.2, 0.25) is 0 Å². The molecule has 0 radical (unpaired) electrons. The predicted molar refractivity (Wildman–Crippen MR) is 70.1 cm³/mol. The first-order valence-corrected chi connectivity index (χ1v) is 6.06. The normalized spacial score (nSPS) is 16.2. The number of anilines is 1. The Labute approximate surface area is 104 Å². The van der Waals surface area contributed by atoms with Crippen LogP contribution in [-0.4, -0.2) is 36.3 Å². The molecule has 1 aliphatic heterocycles. The van der Waals surface area contributed by atoms with Gasteiger partial charge >= 0.3 is 0 Å². The second-order valence-corrected chi connectivity index (χ2v) is 4.53. The van der Waals surface area contributed by atoms with E-state index < -0.39 is 0 Å². The van der Waals surface area contributed by atoms with Gasteiger partial charge in [0.25, 0.3) is 5.56 Å².